The minimum atomic E-state index is -0.858. The van der Waals surface area contributed by atoms with Gasteiger partial charge in [0.25, 0.3) is 0 Å². The number of nitrogens with one attached hydrogen (secondary N) is 1. The quantitative estimate of drug-likeness (QED) is 0.882. The van der Waals surface area contributed by atoms with E-state index in [1.807, 2.05) is 5.38 Å². The van der Waals surface area contributed by atoms with Gasteiger partial charge >= 0.3 is 12.0 Å². The number of carbonyl (C=O) groups is 2. The van der Waals surface area contributed by atoms with Crippen LogP contribution in [0.15, 0.2) is 5.38 Å². The molecule has 0 aromatic carbocycles. The fraction of sp³-hybridized carbons (Fsp3) is 0.667. The van der Waals surface area contributed by atoms with Gasteiger partial charge in [-0.15, -0.1) is 11.3 Å². The van der Waals surface area contributed by atoms with E-state index in [2.05, 4.69) is 10.3 Å². The van der Waals surface area contributed by atoms with E-state index >= 15 is 0 Å². The van der Waals surface area contributed by atoms with Crippen molar-refractivity contribution < 1.29 is 19.4 Å². The van der Waals surface area contributed by atoms with Gasteiger partial charge in [-0.1, -0.05) is 0 Å². The molecule has 8 heteroatoms. The molecule has 0 aliphatic carbocycles. The normalized spacial score (nSPS) is 25.5. The number of ether oxygens (including phenoxy) is 1. The first-order valence-corrected chi connectivity index (χ1v) is 8.68. The Bertz CT molecular complexity index is 599. The molecule has 1 aromatic heterocycles. The summed E-state index contributed by atoms with van der Waals surface area (Å²) < 4.78 is 5.35. The number of carboxylic acids is 1. The molecule has 23 heavy (non-hydrogen) atoms. The van der Waals surface area contributed by atoms with Gasteiger partial charge in [0.2, 0.25) is 0 Å². The van der Waals surface area contributed by atoms with Crippen molar-refractivity contribution in [2.24, 2.45) is 5.41 Å². The van der Waals surface area contributed by atoms with Crippen LogP contribution in [-0.4, -0.2) is 53.3 Å². The van der Waals surface area contributed by atoms with Gasteiger partial charge in [-0.05, 0) is 26.2 Å². The molecule has 2 N–H and O–H groups in total. The molecule has 2 saturated heterocycles. The van der Waals surface area contributed by atoms with Crippen molar-refractivity contribution in [2.45, 2.75) is 32.1 Å². The van der Waals surface area contributed by atoms with E-state index in [1.54, 1.807) is 11.8 Å². The summed E-state index contributed by atoms with van der Waals surface area (Å²) in [5, 5.41) is 14.6. The number of hydrogen-bond donors (Lipinski definition) is 2. The van der Waals surface area contributed by atoms with Crippen LogP contribution in [0.4, 0.5) is 9.93 Å². The summed E-state index contributed by atoms with van der Waals surface area (Å²) in [4.78, 5) is 29.6. The number of hydrogen-bond acceptors (Lipinski definition) is 5. The predicted octanol–water partition coefficient (Wildman–Crippen LogP) is 2.37. The smallest absolute Gasteiger partial charge is 0.323 e. The van der Waals surface area contributed by atoms with Crippen molar-refractivity contribution in [3.05, 3.63) is 11.1 Å². The first kappa shape index (κ1) is 16.2. The number of rotatable bonds is 3. The molecule has 7 nitrogen and oxygen atoms in total. The molecule has 0 saturated carbocycles. The highest BCUT2D eigenvalue weighted by Gasteiger charge is 2.42. The van der Waals surface area contributed by atoms with Gasteiger partial charge < -0.3 is 14.7 Å². The second-order valence-electron chi connectivity index (χ2n) is 6.43. The Balaban J connectivity index is 1.58. The number of aliphatic carboxylic acids is 1. The number of anilines is 1. The lowest BCUT2D eigenvalue weighted by atomic mass is 9.90. The summed E-state index contributed by atoms with van der Waals surface area (Å²) in [7, 11) is 0. The predicted molar refractivity (Wildman–Crippen MR) is 85.9 cm³/mol. The summed E-state index contributed by atoms with van der Waals surface area (Å²) in [6.07, 6.45) is 2.39. The third-order valence-corrected chi connectivity index (χ3v) is 5.43. The molecule has 2 amide bonds. The van der Waals surface area contributed by atoms with Crippen LogP contribution in [-0.2, 0) is 9.53 Å². The van der Waals surface area contributed by atoms with Crippen LogP contribution < -0.4 is 5.32 Å². The number of urea groups is 1. The number of aromatic nitrogens is 1. The van der Waals surface area contributed by atoms with E-state index in [0.717, 1.165) is 31.7 Å². The van der Waals surface area contributed by atoms with Crippen LogP contribution in [0.25, 0.3) is 0 Å². The molecular formula is C15H21N3O4S. The van der Waals surface area contributed by atoms with Crippen molar-refractivity contribution in [1.29, 1.82) is 0 Å². The van der Waals surface area contributed by atoms with E-state index in [0.29, 0.717) is 24.0 Å². The fourth-order valence-corrected chi connectivity index (χ4v) is 3.79. The van der Waals surface area contributed by atoms with Gasteiger partial charge in [0.1, 0.15) is 0 Å². The standard InChI is InChI=1S/C15H21N3O4S/c1-15(12(19)20)4-5-18(9-15)14(21)17-13-16-11(8-23-13)10-2-6-22-7-3-10/h8,10H,2-7,9H2,1H3,(H,19,20)(H,16,17,21). The number of nitrogens with zero attached hydrogens (tertiary/aromatic N) is 2. The Labute approximate surface area is 138 Å². The van der Waals surface area contributed by atoms with Gasteiger partial charge in [-0.25, -0.2) is 9.78 Å². The van der Waals surface area contributed by atoms with Gasteiger partial charge in [-0.3, -0.25) is 10.1 Å². The molecule has 0 radical (unpaired) electrons. The van der Waals surface area contributed by atoms with E-state index in [9.17, 15) is 14.7 Å². The SMILES string of the molecule is CC1(C(=O)O)CCN(C(=O)Nc2nc(C3CCOCC3)cs2)C1. The van der Waals surface area contributed by atoms with E-state index < -0.39 is 11.4 Å². The second-order valence-corrected chi connectivity index (χ2v) is 7.29. The maximum atomic E-state index is 12.3. The summed E-state index contributed by atoms with van der Waals surface area (Å²) >= 11 is 1.41. The summed E-state index contributed by atoms with van der Waals surface area (Å²) in [5.41, 5.74) is 0.151. The summed E-state index contributed by atoms with van der Waals surface area (Å²) in [6.45, 7) is 3.87. The van der Waals surface area contributed by atoms with Gasteiger partial charge in [0.05, 0.1) is 11.1 Å². The topological polar surface area (TPSA) is 91.8 Å². The highest BCUT2D eigenvalue weighted by molar-refractivity contribution is 7.13. The highest BCUT2D eigenvalue weighted by Crippen LogP contribution is 2.32. The molecule has 3 heterocycles. The third kappa shape index (κ3) is 3.48. The zero-order valence-corrected chi connectivity index (χ0v) is 13.9. The Morgan fingerprint density at radius 2 is 2.22 bits per heavy atom. The van der Waals surface area contributed by atoms with Crippen LogP contribution >= 0.6 is 11.3 Å². The Kier molecular flexibility index (Phi) is 4.54. The van der Waals surface area contributed by atoms with E-state index in [4.69, 9.17) is 4.74 Å². The second kappa shape index (κ2) is 6.45. The molecule has 2 aliphatic rings. The Hall–Kier alpha value is -1.67. The molecule has 0 spiro atoms. The van der Waals surface area contributed by atoms with Crippen molar-refractivity contribution in [3.8, 4) is 0 Å². The minimum Gasteiger partial charge on any atom is -0.481 e. The molecule has 2 aliphatic heterocycles. The Morgan fingerprint density at radius 3 is 2.87 bits per heavy atom. The van der Waals surface area contributed by atoms with Crippen LogP contribution in [0.5, 0.6) is 0 Å². The summed E-state index contributed by atoms with van der Waals surface area (Å²) in [6, 6.07) is -0.275. The number of amides is 2. The molecule has 1 aromatic rings. The summed E-state index contributed by atoms with van der Waals surface area (Å²) in [5.74, 6) is -0.461. The van der Waals surface area contributed by atoms with Gasteiger partial charge in [0.15, 0.2) is 5.13 Å². The lowest BCUT2D eigenvalue weighted by Gasteiger charge is -2.20. The molecule has 2 fully saturated rings. The lowest BCUT2D eigenvalue weighted by Crippen LogP contribution is -2.37. The largest absolute Gasteiger partial charge is 0.481 e. The molecule has 1 atom stereocenters. The molecule has 0 bridgehead atoms. The first-order chi connectivity index (χ1) is 11.0. The van der Waals surface area contributed by atoms with E-state index in [1.165, 1.54) is 11.3 Å². The Morgan fingerprint density at radius 1 is 1.48 bits per heavy atom. The zero-order chi connectivity index (χ0) is 16.4. The zero-order valence-electron chi connectivity index (χ0n) is 13.1. The van der Waals surface area contributed by atoms with Crippen LogP contribution in [0.3, 0.4) is 0 Å². The highest BCUT2D eigenvalue weighted by atomic mass is 32.1. The van der Waals surface area contributed by atoms with Gasteiger partial charge in [0, 0.05) is 37.6 Å². The van der Waals surface area contributed by atoms with Crippen molar-refractivity contribution in [1.82, 2.24) is 9.88 Å². The molecule has 126 valence electrons. The number of thiazole rings is 1. The molecular weight excluding hydrogens is 318 g/mol. The van der Waals surface area contributed by atoms with Crippen LogP contribution in [0.1, 0.15) is 37.8 Å². The van der Waals surface area contributed by atoms with Crippen LogP contribution in [0.2, 0.25) is 0 Å². The van der Waals surface area contributed by atoms with Crippen molar-refractivity contribution >= 4 is 28.5 Å². The van der Waals surface area contributed by atoms with Gasteiger partial charge in [-0.2, -0.15) is 0 Å². The van der Waals surface area contributed by atoms with Crippen LogP contribution in [0, 0.1) is 5.41 Å². The molecule has 3 rings (SSSR count). The first-order valence-electron chi connectivity index (χ1n) is 7.80. The third-order valence-electron chi connectivity index (χ3n) is 4.65. The number of likely N-dealkylation sites (tertiary alicyclic amines) is 1. The molecule has 1 unspecified atom stereocenters. The number of carboxylic acid groups (broad SMARTS) is 1. The lowest BCUT2D eigenvalue weighted by molar-refractivity contribution is -0.146. The average Bonchev–Trinajstić information content (AvgIpc) is 3.16. The number of carbonyl (C=O) groups excluding carboxylic acids is 1. The minimum absolute atomic E-state index is 0.229. The fourth-order valence-electron chi connectivity index (χ4n) is 3.00. The van der Waals surface area contributed by atoms with Crippen molar-refractivity contribution in [3.63, 3.8) is 0 Å². The maximum Gasteiger partial charge on any atom is 0.323 e. The maximum absolute atomic E-state index is 12.3. The van der Waals surface area contributed by atoms with E-state index in [-0.39, 0.29) is 12.6 Å². The van der Waals surface area contributed by atoms with Crippen molar-refractivity contribution in [2.75, 3.05) is 31.6 Å². The monoisotopic (exact) mass is 339 g/mol. The average molecular weight is 339 g/mol.